The van der Waals surface area contributed by atoms with Gasteiger partial charge < -0.3 is 40.1 Å². The Morgan fingerprint density at radius 3 is 2.26 bits per heavy atom. The summed E-state index contributed by atoms with van der Waals surface area (Å²) in [5.41, 5.74) is -1.50. The van der Waals surface area contributed by atoms with Crippen LogP contribution in [-0.4, -0.2) is 127 Å². The van der Waals surface area contributed by atoms with Gasteiger partial charge in [0.25, 0.3) is 0 Å². The first-order valence-electron chi connectivity index (χ1n) is 21.1. The summed E-state index contributed by atoms with van der Waals surface area (Å²) in [5, 5.41) is 35.6. The number of β-lactam (4-membered cyclic amide) rings is 1. The van der Waals surface area contributed by atoms with Gasteiger partial charge in [-0.1, -0.05) is 78.5 Å². The second-order valence-electron chi connectivity index (χ2n) is 16.5. The molecule has 4 atom stereocenters. The number of rotatable bonds is 15. The van der Waals surface area contributed by atoms with Crippen molar-refractivity contribution in [2.24, 2.45) is 7.05 Å². The fraction of sp³-hybridized carbons (Fsp3) is 0.341. The number of para-hydroxylation sites is 2. The third-order valence-corrected chi connectivity index (χ3v) is 13.3. The van der Waals surface area contributed by atoms with E-state index in [-0.39, 0.29) is 76.5 Å². The van der Waals surface area contributed by atoms with Crippen LogP contribution in [0.1, 0.15) is 49.9 Å². The number of hydrogen-bond acceptors (Lipinski definition) is 17. The van der Waals surface area contributed by atoms with Gasteiger partial charge in [0.2, 0.25) is 17.0 Å². The molecule has 8 amide bonds. The SMILES string of the molecule is COC(=O)C(COC(=O)Nc1ccccc1C1CN(C(=O)NCC(=O)N[C@@H]2S[C@H]3CC(=O)N3C(C(=O)[O-])=C2CSc2nnnn2C)C(=O)N1)(c1ccccc1)c1ccccc1NC(=O)OC(C)(C)C.[Na+]. The number of aryl methyl sites for hydroxylation is 1. The molecule has 26 heteroatoms. The van der Waals surface area contributed by atoms with Gasteiger partial charge in [0.15, 0.2) is 5.41 Å². The van der Waals surface area contributed by atoms with Crippen molar-refractivity contribution in [2.75, 3.05) is 43.2 Å². The number of nitrogens with zero attached hydrogens (tertiary/aromatic N) is 6. The van der Waals surface area contributed by atoms with Crippen LogP contribution in [0.15, 0.2) is 95.3 Å². The number of benzene rings is 3. The first-order chi connectivity index (χ1) is 32.9. The third-order valence-electron chi connectivity index (χ3n) is 10.9. The summed E-state index contributed by atoms with van der Waals surface area (Å²) >= 11 is 2.22. The van der Waals surface area contributed by atoms with Gasteiger partial charge in [0.1, 0.15) is 17.6 Å². The number of fused-ring (bicyclic) bond motifs is 1. The van der Waals surface area contributed by atoms with Crippen molar-refractivity contribution >= 4 is 82.9 Å². The van der Waals surface area contributed by atoms with Crippen molar-refractivity contribution in [1.29, 1.82) is 0 Å². The molecule has 2 fully saturated rings. The van der Waals surface area contributed by atoms with Gasteiger partial charge in [-0.2, -0.15) is 0 Å². The van der Waals surface area contributed by atoms with E-state index in [0.29, 0.717) is 16.3 Å². The van der Waals surface area contributed by atoms with Crippen molar-refractivity contribution in [3.8, 4) is 0 Å². The number of carboxylic acids is 1. The number of esters is 1. The molecule has 362 valence electrons. The van der Waals surface area contributed by atoms with Crippen molar-refractivity contribution in [3.63, 3.8) is 0 Å². The van der Waals surface area contributed by atoms with Crippen LogP contribution in [0.5, 0.6) is 0 Å². The number of ether oxygens (including phenoxy) is 3. The van der Waals surface area contributed by atoms with Crippen molar-refractivity contribution in [1.82, 2.24) is 46.0 Å². The summed E-state index contributed by atoms with van der Waals surface area (Å²) in [7, 11) is 2.77. The largest absolute Gasteiger partial charge is 1.00 e. The molecule has 0 radical (unpaired) electrons. The molecule has 2 unspecified atom stereocenters. The standard InChI is InChI=1S/C44H47N11O12S2.Na/c1-43(2,3)67-42(64)48-29-18-12-10-16-27(29)44(37(60)65-5,24-13-7-6-8-14-24)23-66-41(63)47-28-17-11-9-15-25(28)30-21-54(39(62)46-30)38(61)45-20-31(56)49-35-26(22-68-40-50-51-52-53(40)4)34(36(58)59)55-32(57)19-33(55)69-35;/h6-18,30,33,35H,19-23H2,1-5H3,(H,45,61)(H,46,62)(H,47,63)(H,48,64)(H,49,56)(H,58,59);/q;+1/p-1/t30?,33-,35+,44?;/m0./s1. The minimum absolute atomic E-state index is 0. The van der Waals surface area contributed by atoms with Crippen molar-refractivity contribution in [3.05, 3.63) is 107 Å². The first kappa shape index (κ1) is 52.7. The van der Waals surface area contributed by atoms with Gasteiger partial charge in [0, 0.05) is 29.7 Å². The van der Waals surface area contributed by atoms with E-state index in [1.165, 1.54) is 11.8 Å². The first-order valence-corrected chi connectivity index (χ1v) is 23.0. The third kappa shape index (κ3) is 11.7. The molecule has 23 nitrogen and oxygen atoms in total. The minimum Gasteiger partial charge on any atom is -0.543 e. The van der Waals surface area contributed by atoms with Crippen molar-refractivity contribution in [2.45, 2.75) is 60.2 Å². The van der Waals surface area contributed by atoms with E-state index < -0.39 is 89.0 Å². The molecule has 0 aliphatic carbocycles. The number of carbonyl (C=O) groups excluding carboxylic acids is 8. The maximum absolute atomic E-state index is 14.0. The van der Waals surface area contributed by atoms with Gasteiger partial charge in [-0.3, -0.25) is 29.9 Å². The molecular formula is C44H46N11NaO12S2. The number of amides is 8. The number of nitrogens with one attached hydrogen (secondary N) is 5. The number of urea groups is 2. The molecule has 5 N–H and O–H groups in total. The average molecular weight is 1010 g/mol. The normalized spacial score (nSPS) is 18.2. The van der Waals surface area contributed by atoms with Crippen LogP contribution in [0, 0.1) is 0 Å². The zero-order valence-corrected chi connectivity index (χ0v) is 42.3. The summed E-state index contributed by atoms with van der Waals surface area (Å²) in [6, 6.07) is 18.7. The van der Waals surface area contributed by atoms with Crippen LogP contribution in [0.4, 0.5) is 30.6 Å². The summed E-state index contributed by atoms with van der Waals surface area (Å²) in [5.74, 6) is -3.59. The molecule has 4 heterocycles. The maximum atomic E-state index is 14.0. The number of thioether (sulfide) groups is 2. The molecule has 0 saturated carbocycles. The van der Waals surface area contributed by atoms with E-state index in [1.54, 1.807) is 107 Å². The Morgan fingerprint density at radius 1 is 0.929 bits per heavy atom. The molecule has 7 rings (SSSR count). The predicted molar refractivity (Wildman–Crippen MR) is 245 cm³/mol. The summed E-state index contributed by atoms with van der Waals surface area (Å²) in [6.45, 7) is 3.64. The number of anilines is 2. The van der Waals surface area contributed by atoms with Crippen LogP contribution < -0.4 is 61.2 Å². The second kappa shape index (κ2) is 22.4. The van der Waals surface area contributed by atoms with Crippen LogP contribution in [0.3, 0.4) is 0 Å². The monoisotopic (exact) mass is 1010 g/mol. The quantitative estimate of drug-likeness (QED) is 0.0333. The summed E-state index contributed by atoms with van der Waals surface area (Å²) < 4.78 is 18.0. The molecule has 3 aliphatic heterocycles. The molecular weight excluding hydrogens is 962 g/mol. The second-order valence-corrected chi connectivity index (χ2v) is 18.8. The van der Waals surface area contributed by atoms with Gasteiger partial charge in [0.05, 0.1) is 49.7 Å². The number of tetrazole rings is 1. The number of hydrogen-bond donors (Lipinski definition) is 5. The predicted octanol–water partition coefficient (Wildman–Crippen LogP) is -0.411. The van der Waals surface area contributed by atoms with E-state index in [2.05, 4.69) is 42.1 Å². The summed E-state index contributed by atoms with van der Waals surface area (Å²) in [4.78, 5) is 107. The topological polar surface area (TPSA) is 298 Å². The molecule has 1 aromatic heterocycles. The van der Waals surface area contributed by atoms with Gasteiger partial charge in [-0.25, -0.2) is 28.8 Å². The Labute approximate surface area is 430 Å². The Morgan fingerprint density at radius 2 is 1.60 bits per heavy atom. The minimum atomic E-state index is -1.82. The Hall–Kier alpha value is -6.67. The van der Waals surface area contributed by atoms with Crippen LogP contribution >= 0.6 is 23.5 Å². The number of imide groups is 1. The number of carboxylic acid groups (broad SMARTS) is 1. The van der Waals surface area contributed by atoms with Gasteiger partial charge >= 0.3 is 59.8 Å². The Bertz CT molecular complexity index is 2720. The summed E-state index contributed by atoms with van der Waals surface area (Å²) in [6.07, 6.45) is -1.75. The number of aromatic nitrogens is 4. The number of carbonyl (C=O) groups is 8. The Kier molecular flexibility index (Phi) is 16.9. The zero-order valence-electron chi connectivity index (χ0n) is 38.7. The average Bonchev–Trinajstić information content (AvgIpc) is 3.91. The van der Waals surface area contributed by atoms with Gasteiger partial charge in [-0.05, 0) is 60.0 Å². The fourth-order valence-corrected chi connectivity index (χ4v) is 10.2. The fourth-order valence-electron chi connectivity index (χ4n) is 7.71. The van der Waals surface area contributed by atoms with E-state index in [0.717, 1.165) is 33.3 Å². The molecule has 3 aliphatic rings. The molecule has 70 heavy (non-hydrogen) atoms. The molecule has 4 aromatic rings. The number of aliphatic carboxylic acids is 1. The molecule has 0 bridgehead atoms. The number of methoxy groups -OCH3 is 1. The van der Waals surface area contributed by atoms with Crippen LogP contribution in [0.25, 0.3) is 0 Å². The Balaban J connectivity index is 0.00000804. The van der Waals surface area contributed by atoms with E-state index >= 15 is 0 Å². The van der Waals surface area contributed by atoms with Crippen LogP contribution in [0.2, 0.25) is 0 Å². The van der Waals surface area contributed by atoms with Crippen molar-refractivity contribution < 1.29 is 87.2 Å². The smallest absolute Gasteiger partial charge is 0.543 e. The zero-order chi connectivity index (χ0) is 49.6. The van der Waals surface area contributed by atoms with E-state index in [4.69, 9.17) is 14.2 Å². The maximum Gasteiger partial charge on any atom is 1.00 e. The van der Waals surface area contributed by atoms with E-state index in [1.807, 2.05) is 0 Å². The van der Waals surface area contributed by atoms with Crippen LogP contribution in [-0.2, 0) is 45.9 Å². The molecule has 0 spiro atoms. The van der Waals surface area contributed by atoms with E-state index in [9.17, 15) is 43.5 Å². The molecule has 2 saturated heterocycles. The molecule has 3 aromatic carbocycles. The van der Waals surface area contributed by atoms with Gasteiger partial charge in [-0.15, -0.1) is 16.9 Å².